The van der Waals surface area contributed by atoms with Crippen LogP contribution in [0.4, 0.5) is 13.2 Å². The van der Waals surface area contributed by atoms with E-state index in [0.29, 0.717) is 11.3 Å². The minimum Gasteiger partial charge on any atom is -0.485 e. The van der Waals surface area contributed by atoms with Crippen LogP contribution in [0.25, 0.3) is 0 Å². The Bertz CT molecular complexity index is 660. The Labute approximate surface area is 114 Å². The summed E-state index contributed by atoms with van der Waals surface area (Å²) >= 11 is 0. The fourth-order valence-corrected chi connectivity index (χ4v) is 2.43. The van der Waals surface area contributed by atoms with Crippen LogP contribution in [0.1, 0.15) is 29.7 Å². The van der Waals surface area contributed by atoms with Gasteiger partial charge in [0.25, 0.3) is 0 Å². The van der Waals surface area contributed by atoms with E-state index in [2.05, 4.69) is 0 Å². The first-order chi connectivity index (χ1) is 9.54. The van der Waals surface area contributed by atoms with Crippen LogP contribution in [0.3, 0.4) is 0 Å². The summed E-state index contributed by atoms with van der Waals surface area (Å²) in [6.07, 6.45) is -0.421. The van der Waals surface area contributed by atoms with Gasteiger partial charge in [-0.1, -0.05) is 0 Å². The predicted molar refractivity (Wildman–Crippen MR) is 67.7 cm³/mol. The normalized spacial score (nSPS) is 21.2. The summed E-state index contributed by atoms with van der Waals surface area (Å²) in [5.74, 6) is -1.09. The molecule has 0 saturated carbocycles. The number of fused-ring (bicyclic) bond motifs is 1. The highest BCUT2D eigenvalue weighted by atomic mass is 19.1. The molecule has 1 aliphatic heterocycles. The average Bonchev–Trinajstić information content (AvgIpc) is 2.42. The topological polar surface area (TPSA) is 35.2 Å². The monoisotopic (exact) mass is 279 g/mol. The first-order valence-electron chi connectivity index (χ1n) is 6.21. The predicted octanol–water partition coefficient (Wildman–Crippen LogP) is 3.63. The van der Waals surface area contributed by atoms with Gasteiger partial charge >= 0.3 is 0 Å². The van der Waals surface area contributed by atoms with Gasteiger partial charge in [0.05, 0.1) is 0 Å². The molecule has 0 spiro atoms. The summed E-state index contributed by atoms with van der Waals surface area (Å²) in [5, 5.41) is 0. The molecule has 3 rings (SSSR count). The second kappa shape index (κ2) is 4.83. The van der Waals surface area contributed by atoms with Crippen LogP contribution in [0, 0.1) is 17.5 Å². The van der Waals surface area contributed by atoms with Crippen molar-refractivity contribution in [2.24, 2.45) is 5.73 Å². The fourth-order valence-electron chi connectivity index (χ4n) is 2.43. The van der Waals surface area contributed by atoms with Crippen LogP contribution in [-0.4, -0.2) is 0 Å². The lowest BCUT2D eigenvalue weighted by Crippen LogP contribution is -2.25. The summed E-state index contributed by atoms with van der Waals surface area (Å²) in [4.78, 5) is 0. The quantitative estimate of drug-likeness (QED) is 0.865. The molecule has 2 aromatic rings. The van der Waals surface area contributed by atoms with Gasteiger partial charge in [-0.15, -0.1) is 0 Å². The number of ether oxygens (including phenoxy) is 1. The molecule has 1 aliphatic rings. The minimum absolute atomic E-state index is 0.121. The maximum Gasteiger partial charge on any atom is 0.130 e. The lowest BCUT2D eigenvalue weighted by atomic mass is 9.93. The van der Waals surface area contributed by atoms with E-state index >= 15 is 0 Å². The summed E-state index contributed by atoms with van der Waals surface area (Å²) in [7, 11) is 0. The number of rotatable bonds is 1. The van der Waals surface area contributed by atoms with E-state index in [1.807, 2.05) is 0 Å². The number of hydrogen-bond acceptors (Lipinski definition) is 2. The molecule has 20 heavy (non-hydrogen) atoms. The zero-order chi connectivity index (χ0) is 14.3. The molecule has 5 heteroatoms. The second-order valence-corrected chi connectivity index (χ2v) is 4.80. The molecule has 1 unspecified atom stereocenters. The highest BCUT2D eigenvalue weighted by Crippen LogP contribution is 2.40. The van der Waals surface area contributed by atoms with Gasteiger partial charge in [0.1, 0.15) is 29.3 Å². The van der Waals surface area contributed by atoms with Gasteiger partial charge in [-0.3, -0.25) is 0 Å². The van der Waals surface area contributed by atoms with E-state index in [0.717, 1.165) is 18.2 Å². The SMILES string of the molecule is N[C@@H]1CC(c2cc(F)ccc2F)Oc2ccc(F)cc21. The summed E-state index contributed by atoms with van der Waals surface area (Å²) in [6.45, 7) is 0. The minimum atomic E-state index is -0.682. The van der Waals surface area contributed by atoms with Crippen LogP contribution in [-0.2, 0) is 0 Å². The van der Waals surface area contributed by atoms with Crippen molar-refractivity contribution in [3.05, 3.63) is 65.0 Å². The molecule has 2 aromatic carbocycles. The molecule has 0 aromatic heterocycles. The van der Waals surface area contributed by atoms with Crippen molar-refractivity contribution in [1.82, 2.24) is 0 Å². The fraction of sp³-hybridized carbons (Fsp3) is 0.200. The van der Waals surface area contributed by atoms with E-state index in [9.17, 15) is 13.2 Å². The van der Waals surface area contributed by atoms with Crippen LogP contribution in [0.5, 0.6) is 5.75 Å². The Kier molecular flexibility index (Phi) is 3.14. The van der Waals surface area contributed by atoms with Crippen LogP contribution >= 0.6 is 0 Å². The molecule has 0 fully saturated rings. The Hall–Kier alpha value is -2.01. The molecule has 2 nitrogen and oxygen atoms in total. The molecule has 0 amide bonds. The van der Waals surface area contributed by atoms with Crippen molar-refractivity contribution in [3.63, 3.8) is 0 Å². The summed E-state index contributed by atoms with van der Waals surface area (Å²) < 4.78 is 45.8. The highest BCUT2D eigenvalue weighted by molar-refractivity contribution is 5.39. The van der Waals surface area contributed by atoms with Crippen LogP contribution in [0.2, 0.25) is 0 Å². The average molecular weight is 279 g/mol. The van der Waals surface area contributed by atoms with Gasteiger partial charge in [-0.2, -0.15) is 0 Å². The Balaban J connectivity index is 1.99. The van der Waals surface area contributed by atoms with Crippen molar-refractivity contribution < 1.29 is 17.9 Å². The molecular weight excluding hydrogens is 267 g/mol. The lowest BCUT2D eigenvalue weighted by Gasteiger charge is -2.30. The number of hydrogen-bond donors (Lipinski definition) is 1. The van der Waals surface area contributed by atoms with E-state index in [-0.39, 0.29) is 12.0 Å². The van der Waals surface area contributed by atoms with Crippen molar-refractivity contribution in [2.75, 3.05) is 0 Å². The van der Waals surface area contributed by atoms with E-state index in [1.54, 1.807) is 0 Å². The third-order valence-corrected chi connectivity index (χ3v) is 3.41. The number of halogens is 3. The number of nitrogens with two attached hydrogens (primary N) is 1. The second-order valence-electron chi connectivity index (χ2n) is 4.80. The molecule has 2 atom stereocenters. The van der Waals surface area contributed by atoms with Crippen molar-refractivity contribution in [2.45, 2.75) is 18.6 Å². The molecule has 0 saturated heterocycles. The van der Waals surface area contributed by atoms with Crippen molar-refractivity contribution >= 4 is 0 Å². The smallest absolute Gasteiger partial charge is 0.130 e. The van der Waals surface area contributed by atoms with Gasteiger partial charge in [0.2, 0.25) is 0 Å². The van der Waals surface area contributed by atoms with Gasteiger partial charge in [-0.25, -0.2) is 13.2 Å². The van der Waals surface area contributed by atoms with Crippen LogP contribution in [0.15, 0.2) is 36.4 Å². The molecule has 0 bridgehead atoms. The van der Waals surface area contributed by atoms with E-state index in [1.165, 1.54) is 18.2 Å². The third-order valence-electron chi connectivity index (χ3n) is 3.41. The van der Waals surface area contributed by atoms with E-state index < -0.39 is 29.6 Å². The van der Waals surface area contributed by atoms with Crippen LogP contribution < -0.4 is 10.5 Å². The first-order valence-corrected chi connectivity index (χ1v) is 6.21. The lowest BCUT2D eigenvalue weighted by molar-refractivity contribution is 0.156. The Morgan fingerprint density at radius 1 is 0.950 bits per heavy atom. The van der Waals surface area contributed by atoms with E-state index in [4.69, 9.17) is 10.5 Å². The van der Waals surface area contributed by atoms with Crippen molar-refractivity contribution in [1.29, 1.82) is 0 Å². The highest BCUT2D eigenvalue weighted by Gasteiger charge is 2.29. The zero-order valence-corrected chi connectivity index (χ0v) is 10.4. The maximum atomic E-state index is 13.8. The maximum absolute atomic E-state index is 13.8. The zero-order valence-electron chi connectivity index (χ0n) is 10.4. The molecule has 104 valence electrons. The molecular formula is C15H12F3NO. The molecule has 2 N–H and O–H groups in total. The van der Waals surface area contributed by atoms with Gasteiger partial charge in [-0.05, 0) is 36.4 Å². The van der Waals surface area contributed by atoms with Gasteiger partial charge < -0.3 is 10.5 Å². The first kappa shape index (κ1) is 13.0. The molecule has 0 radical (unpaired) electrons. The largest absolute Gasteiger partial charge is 0.485 e. The summed E-state index contributed by atoms with van der Waals surface area (Å²) in [5.41, 5.74) is 6.63. The number of benzene rings is 2. The standard InChI is InChI=1S/C15H12F3NO/c16-8-1-3-12(18)10(5-8)15-7-13(19)11-6-9(17)2-4-14(11)20-15/h1-6,13,15H,7,19H2/t13-,15?/m1/s1. The Morgan fingerprint density at radius 2 is 1.60 bits per heavy atom. The Morgan fingerprint density at radius 3 is 2.35 bits per heavy atom. The molecule has 1 heterocycles. The molecule has 0 aliphatic carbocycles. The summed E-state index contributed by atoms with van der Waals surface area (Å²) in [6, 6.07) is 6.72. The van der Waals surface area contributed by atoms with Gasteiger partial charge in [0, 0.05) is 23.6 Å². The van der Waals surface area contributed by atoms with Gasteiger partial charge in [0.15, 0.2) is 0 Å². The third kappa shape index (κ3) is 2.25. The van der Waals surface area contributed by atoms with Crippen molar-refractivity contribution in [3.8, 4) is 5.75 Å².